The van der Waals surface area contributed by atoms with Crippen LogP contribution >= 0.6 is 11.6 Å². The number of benzene rings is 2. The molecule has 0 saturated carbocycles. The van der Waals surface area contributed by atoms with Crippen molar-refractivity contribution in [3.05, 3.63) is 76.3 Å². The van der Waals surface area contributed by atoms with Gasteiger partial charge in [-0.05, 0) is 54.2 Å². The first-order valence-electron chi connectivity index (χ1n) is 9.36. The summed E-state index contributed by atoms with van der Waals surface area (Å²) in [6, 6.07) is 11.9. The molecule has 6 heteroatoms. The van der Waals surface area contributed by atoms with E-state index in [9.17, 15) is 9.50 Å². The van der Waals surface area contributed by atoms with Gasteiger partial charge in [0.2, 0.25) is 0 Å². The zero-order chi connectivity index (χ0) is 19.9. The number of phenols is 1. The van der Waals surface area contributed by atoms with Gasteiger partial charge in [-0.1, -0.05) is 37.6 Å². The molecule has 0 fully saturated rings. The Bertz CT molecular complexity index is 1010. The van der Waals surface area contributed by atoms with Crippen molar-refractivity contribution in [3.8, 4) is 11.4 Å². The molecule has 0 bridgehead atoms. The number of phenolic OH excluding ortho intramolecular Hbond substituents is 1. The summed E-state index contributed by atoms with van der Waals surface area (Å²) in [5.74, 6) is -0.182. The molecule has 0 saturated heterocycles. The van der Waals surface area contributed by atoms with E-state index in [1.165, 1.54) is 12.1 Å². The van der Waals surface area contributed by atoms with E-state index in [0.717, 1.165) is 35.3 Å². The largest absolute Gasteiger partial charge is 0.506 e. The van der Waals surface area contributed by atoms with Crippen LogP contribution in [0.1, 0.15) is 43.1 Å². The van der Waals surface area contributed by atoms with Gasteiger partial charge in [0.25, 0.3) is 0 Å². The summed E-state index contributed by atoms with van der Waals surface area (Å²) in [4.78, 5) is 0. The minimum Gasteiger partial charge on any atom is -0.506 e. The van der Waals surface area contributed by atoms with Gasteiger partial charge in [-0.25, -0.2) is 9.07 Å². The molecular weight excluding hydrogens is 377 g/mol. The molecule has 1 aromatic heterocycles. The molecule has 3 aromatic rings. The lowest BCUT2D eigenvalue weighted by atomic mass is 9.74. The van der Waals surface area contributed by atoms with Crippen molar-refractivity contribution in [2.45, 2.75) is 39.3 Å². The van der Waals surface area contributed by atoms with Crippen molar-refractivity contribution in [2.75, 3.05) is 0 Å². The molecule has 28 heavy (non-hydrogen) atoms. The maximum Gasteiger partial charge on any atom is 0.134 e. The Morgan fingerprint density at radius 2 is 2.11 bits per heavy atom. The van der Waals surface area contributed by atoms with Crippen LogP contribution in [-0.4, -0.2) is 14.9 Å². The second-order valence-corrected chi connectivity index (χ2v) is 8.61. The maximum atomic E-state index is 13.7. The van der Waals surface area contributed by atoms with Gasteiger partial charge in [-0.15, -0.1) is 0 Å². The first-order chi connectivity index (χ1) is 13.3. The van der Waals surface area contributed by atoms with E-state index in [0.29, 0.717) is 11.6 Å². The number of halogens is 2. The van der Waals surface area contributed by atoms with E-state index < -0.39 is 0 Å². The monoisotopic (exact) mass is 399 g/mol. The Balaban J connectivity index is 1.63. The molecule has 0 aliphatic heterocycles. The molecule has 1 aliphatic rings. The lowest BCUT2D eigenvalue weighted by molar-refractivity contribution is 0.253. The maximum absolute atomic E-state index is 13.7. The van der Waals surface area contributed by atoms with E-state index in [1.54, 1.807) is 18.2 Å². The van der Waals surface area contributed by atoms with Crippen LogP contribution in [0.5, 0.6) is 5.75 Å². The first-order valence-corrected chi connectivity index (χ1v) is 9.74. The molecular formula is C22H23ClFN3O. The van der Waals surface area contributed by atoms with Crippen LogP contribution in [0.4, 0.5) is 4.39 Å². The number of nitrogens with zero attached hydrogens (tertiary/aromatic N) is 2. The normalized spacial score (nSPS) is 18.1. The predicted molar refractivity (Wildman–Crippen MR) is 108 cm³/mol. The smallest absolute Gasteiger partial charge is 0.134 e. The number of hydrogen-bond acceptors (Lipinski definition) is 3. The van der Waals surface area contributed by atoms with Gasteiger partial charge in [-0.3, -0.25) is 0 Å². The number of hydrogen-bond donors (Lipinski definition) is 2. The molecule has 2 aromatic carbocycles. The summed E-state index contributed by atoms with van der Waals surface area (Å²) >= 11 is 6.02. The fourth-order valence-corrected chi connectivity index (χ4v) is 4.16. The SMILES string of the molecule is CC1(C)Cc2c(cnn2-c2cccc(F)c2)[C@H](NCc2ccc(O)c(Cl)c2)C1. The van der Waals surface area contributed by atoms with Crippen molar-refractivity contribution in [3.63, 3.8) is 0 Å². The van der Waals surface area contributed by atoms with E-state index in [4.69, 9.17) is 11.6 Å². The van der Waals surface area contributed by atoms with E-state index in [1.807, 2.05) is 23.0 Å². The van der Waals surface area contributed by atoms with E-state index in [-0.39, 0.29) is 23.0 Å². The summed E-state index contributed by atoms with van der Waals surface area (Å²) in [6.45, 7) is 5.11. The van der Waals surface area contributed by atoms with Crippen LogP contribution in [0.25, 0.3) is 5.69 Å². The number of aromatic hydroxyl groups is 1. The molecule has 1 aliphatic carbocycles. The van der Waals surface area contributed by atoms with Gasteiger partial charge in [-0.2, -0.15) is 5.10 Å². The van der Waals surface area contributed by atoms with E-state index in [2.05, 4.69) is 24.3 Å². The first kappa shape index (κ1) is 19.0. The summed E-state index contributed by atoms with van der Waals surface area (Å²) in [6.07, 6.45) is 3.74. The lowest BCUT2D eigenvalue weighted by Crippen LogP contribution is -2.33. The highest BCUT2D eigenvalue weighted by Gasteiger charge is 2.35. The predicted octanol–water partition coefficient (Wildman–Crippen LogP) is 5.17. The third-order valence-electron chi connectivity index (χ3n) is 5.30. The van der Waals surface area contributed by atoms with Crippen LogP contribution in [0.3, 0.4) is 0 Å². The van der Waals surface area contributed by atoms with Crippen molar-refractivity contribution < 1.29 is 9.50 Å². The minimum atomic E-state index is -0.268. The van der Waals surface area contributed by atoms with Crippen LogP contribution < -0.4 is 5.32 Å². The van der Waals surface area contributed by atoms with Gasteiger partial charge >= 0.3 is 0 Å². The van der Waals surface area contributed by atoms with Gasteiger partial charge in [0.05, 0.1) is 16.9 Å². The number of nitrogens with one attached hydrogen (secondary N) is 1. The Labute approximate surface area is 169 Å². The molecule has 1 atom stereocenters. The van der Waals surface area contributed by atoms with Crippen molar-refractivity contribution >= 4 is 11.6 Å². The second kappa shape index (κ2) is 7.22. The fourth-order valence-electron chi connectivity index (χ4n) is 3.96. The third kappa shape index (κ3) is 3.77. The molecule has 4 rings (SSSR count). The average molecular weight is 400 g/mol. The third-order valence-corrected chi connectivity index (χ3v) is 5.60. The van der Waals surface area contributed by atoms with Gasteiger partial charge in [0.15, 0.2) is 0 Å². The average Bonchev–Trinajstić information content (AvgIpc) is 3.05. The molecule has 0 spiro atoms. The zero-order valence-corrected chi connectivity index (χ0v) is 16.7. The van der Waals surface area contributed by atoms with Crippen LogP contribution in [0.15, 0.2) is 48.7 Å². The highest BCUT2D eigenvalue weighted by atomic mass is 35.5. The summed E-state index contributed by atoms with van der Waals surface area (Å²) in [5, 5.41) is 18.1. The highest BCUT2D eigenvalue weighted by molar-refractivity contribution is 6.32. The Hall–Kier alpha value is -2.37. The summed E-state index contributed by atoms with van der Waals surface area (Å²) < 4.78 is 15.6. The molecule has 1 heterocycles. The molecule has 0 unspecified atom stereocenters. The van der Waals surface area contributed by atoms with Crippen molar-refractivity contribution in [2.24, 2.45) is 5.41 Å². The van der Waals surface area contributed by atoms with Gasteiger partial charge < -0.3 is 10.4 Å². The molecule has 2 N–H and O–H groups in total. The Morgan fingerprint density at radius 3 is 2.86 bits per heavy atom. The van der Waals surface area contributed by atoms with Crippen molar-refractivity contribution in [1.29, 1.82) is 0 Å². The Kier molecular flexibility index (Phi) is 4.89. The quantitative estimate of drug-likeness (QED) is 0.636. The highest BCUT2D eigenvalue weighted by Crippen LogP contribution is 2.41. The minimum absolute atomic E-state index is 0.0857. The van der Waals surface area contributed by atoms with E-state index >= 15 is 0 Å². The summed E-state index contributed by atoms with van der Waals surface area (Å²) in [7, 11) is 0. The molecule has 146 valence electrons. The molecule has 0 amide bonds. The summed E-state index contributed by atoms with van der Waals surface area (Å²) in [5.41, 5.74) is 4.09. The van der Waals surface area contributed by atoms with Crippen LogP contribution in [-0.2, 0) is 13.0 Å². The topological polar surface area (TPSA) is 50.1 Å². The fraction of sp³-hybridized carbons (Fsp3) is 0.318. The Morgan fingerprint density at radius 1 is 1.29 bits per heavy atom. The second-order valence-electron chi connectivity index (χ2n) is 8.20. The number of rotatable bonds is 4. The number of fused-ring (bicyclic) bond motifs is 1. The lowest BCUT2D eigenvalue weighted by Gasteiger charge is -2.36. The van der Waals surface area contributed by atoms with Crippen LogP contribution in [0, 0.1) is 11.2 Å². The molecule has 0 radical (unpaired) electrons. The van der Waals surface area contributed by atoms with Crippen LogP contribution in [0.2, 0.25) is 5.02 Å². The standard InChI is InChI=1S/C22H23ClFN3O/c1-22(2)10-19(25-12-14-6-7-21(28)18(23)8-14)17-13-26-27(20(17)11-22)16-5-3-4-15(24)9-16/h3-9,13,19,25,28H,10-12H2,1-2H3/t19-/m1/s1. The zero-order valence-electron chi connectivity index (χ0n) is 15.9. The van der Waals surface area contributed by atoms with Gasteiger partial charge in [0, 0.05) is 23.8 Å². The number of aromatic nitrogens is 2. The van der Waals surface area contributed by atoms with Crippen molar-refractivity contribution in [1.82, 2.24) is 15.1 Å². The molecule has 4 nitrogen and oxygen atoms in total. The van der Waals surface area contributed by atoms with Gasteiger partial charge in [0.1, 0.15) is 11.6 Å².